The zero-order valence-electron chi connectivity index (χ0n) is 18.3. The molecule has 7 heteroatoms. The van der Waals surface area contributed by atoms with Gasteiger partial charge >= 0.3 is 11.8 Å². The minimum Gasteiger partial charge on any atom is -0.347 e. The van der Waals surface area contributed by atoms with Crippen molar-refractivity contribution >= 4 is 23.4 Å². The highest BCUT2D eigenvalue weighted by molar-refractivity contribution is 6.40. The third-order valence-electron chi connectivity index (χ3n) is 6.18. The number of hydrogen-bond donors (Lipinski definition) is 2. The molecule has 168 valence electrons. The van der Waals surface area contributed by atoms with Crippen LogP contribution in [0.2, 0.25) is 0 Å². The normalized spacial score (nSPS) is 16.2. The van der Waals surface area contributed by atoms with Crippen LogP contribution in [-0.4, -0.2) is 60.2 Å². The maximum absolute atomic E-state index is 12.9. The molecule has 2 aliphatic heterocycles. The van der Waals surface area contributed by atoms with Crippen LogP contribution in [0.25, 0.3) is 0 Å². The number of piperidine rings is 1. The van der Waals surface area contributed by atoms with Crippen LogP contribution >= 0.6 is 0 Å². The van der Waals surface area contributed by atoms with Gasteiger partial charge in [-0.3, -0.25) is 19.3 Å². The van der Waals surface area contributed by atoms with Gasteiger partial charge < -0.3 is 15.5 Å². The first-order valence-corrected chi connectivity index (χ1v) is 11.4. The lowest BCUT2D eigenvalue weighted by Crippen LogP contribution is -2.41. The Morgan fingerprint density at radius 2 is 1.53 bits per heavy atom. The zero-order chi connectivity index (χ0) is 22.3. The van der Waals surface area contributed by atoms with Crippen molar-refractivity contribution < 1.29 is 14.4 Å². The van der Waals surface area contributed by atoms with E-state index in [4.69, 9.17) is 0 Å². The molecule has 2 aliphatic rings. The molecule has 2 heterocycles. The van der Waals surface area contributed by atoms with Gasteiger partial charge in [-0.15, -0.1) is 0 Å². The number of benzene rings is 2. The van der Waals surface area contributed by atoms with E-state index >= 15 is 0 Å². The lowest BCUT2D eigenvalue weighted by atomic mass is 10.00. The molecule has 0 radical (unpaired) electrons. The van der Waals surface area contributed by atoms with E-state index in [-0.39, 0.29) is 5.91 Å². The van der Waals surface area contributed by atoms with Crippen LogP contribution in [0.1, 0.15) is 40.7 Å². The summed E-state index contributed by atoms with van der Waals surface area (Å²) >= 11 is 0. The van der Waals surface area contributed by atoms with Gasteiger partial charge in [-0.25, -0.2) is 0 Å². The topological polar surface area (TPSA) is 81.8 Å². The van der Waals surface area contributed by atoms with Crippen molar-refractivity contribution in [3.8, 4) is 0 Å². The average molecular weight is 435 g/mol. The molecule has 1 fully saturated rings. The van der Waals surface area contributed by atoms with Crippen LogP contribution < -0.4 is 10.6 Å². The Hall–Kier alpha value is -3.19. The van der Waals surface area contributed by atoms with E-state index in [9.17, 15) is 14.4 Å². The Balaban J connectivity index is 1.28. The van der Waals surface area contributed by atoms with Crippen LogP contribution in [0, 0.1) is 0 Å². The van der Waals surface area contributed by atoms with Crippen molar-refractivity contribution in [2.45, 2.75) is 32.2 Å². The second-order valence-corrected chi connectivity index (χ2v) is 8.40. The molecule has 2 N–H and O–H groups in total. The molecule has 2 aromatic rings. The Labute approximate surface area is 188 Å². The first-order chi connectivity index (χ1) is 15.6. The fraction of sp³-hybridized carbons (Fsp3) is 0.400. The van der Waals surface area contributed by atoms with Gasteiger partial charge in [0.05, 0.1) is 11.3 Å². The number of para-hydroxylation sites is 1. The van der Waals surface area contributed by atoms with Crippen LogP contribution in [0.15, 0.2) is 48.5 Å². The number of rotatable bonds is 5. The molecule has 4 rings (SSSR count). The minimum atomic E-state index is -0.757. The largest absolute Gasteiger partial charge is 0.347 e. The van der Waals surface area contributed by atoms with Gasteiger partial charge in [-0.1, -0.05) is 36.4 Å². The minimum absolute atomic E-state index is 0.105. The van der Waals surface area contributed by atoms with Gasteiger partial charge in [0.25, 0.3) is 5.91 Å². The van der Waals surface area contributed by atoms with E-state index in [0.717, 1.165) is 51.9 Å². The lowest BCUT2D eigenvalue weighted by molar-refractivity contribution is -0.136. The van der Waals surface area contributed by atoms with Crippen LogP contribution in [0.5, 0.6) is 0 Å². The fourth-order valence-corrected chi connectivity index (χ4v) is 4.38. The summed E-state index contributed by atoms with van der Waals surface area (Å²) in [5.74, 6) is -1.55. The molecule has 0 unspecified atom stereocenters. The second kappa shape index (κ2) is 10.4. The molecule has 0 spiro atoms. The van der Waals surface area contributed by atoms with Crippen molar-refractivity contribution in [1.82, 2.24) is 15.1 Å². The predicted molar refractivity (Wildman–Crippen MR) is 123 cm³/mol. The van der Waals surface area contributed by atoms with E-state index in [1.165, 1.54) is 11.1 Å². The first kappa shape index (κ1) is 22.0. The first-order valence-electron chi connectivity index (χ1n) is 11.4. The summed E-state index contributed by atoms with van der Waals surface area (Å²) in [5, 5.41) is 5.32. The van der Waals surface area contributed by atoms with Crippen LogP contribution in [0.4, 0.5) is 5.69 Å². The molecular weight excluding hydrogens is 404 g/mol. The van der Waals surface area contributed by atoms with Crippen molar-refractivity contribution in [3.63, 3.8) is 0 Å². The van der Waals surface area contributed by atoms with E-state index in [2.05, 4.69) is 33.7 Å². The van der Waals surface area contributed by atoms with Crippen LogP contribution in [-0.2, 0) is 22.6 Å². The van der Waals surface area contributed by atoms with Gasteiger partial charge in [0, 0.05) is 39.3 Å². The number of nitrogens with zero attached hydrogens (tertiary/aromatic N) is 2. The van der Waals surface area contributed by atoms with E-state index < -0.39 is 11.8 Å². The Morgan fingerprint density at radius 3 is 2.34 bits per heavy atom. The standard InChI is InChI=1S/C25H30N4O3/c30-23(26-13-17-28-16-12-19-8-2-3-9-20(19)18-28)24(31)27-22-11-5-4-10-21(22)25(32)29-14-6-1-7-15-29/h2-5,8-11H,1,6-7,12-18H2,(H,26,30)(H,27,31). The summed E-state index contributed by atoms with van der Waals surface area (Å²) in [7, 11) is 0. The lowest BCUT2D eigenvalue weighted by Gasteiger charge is -2.28. The van der Waals surface area contributed by atoms with E-state index in [0.29, 0.717) is 24.3 Å². The maximum atomic E-state index is 12.9. The molecule has 7 nitrogen and oxygen atoms in total. The monoisotopic (exact) mass is 434 g/mol. The Bertz CT molecular complexity index is 985. The highest BCUT2D eigenvalue weighted by Gasteiger charge is 2.23. The number of amides is 3. The third-order valence-corrected chi connectivity index (χ3v) is 6.18. The number of hydrogen-bond acceptors (Lipinski definition) is 4. The third kappa shape index (κ3) is 5.34. The molecule has 0 aromatic heterocycles. The zero-order valence-corrected chi connectivity index (χ0v) is 18.3. The summed E-state index contributed by atoms with van der Waals surface area (Å²) in [4.78, 5) is 41.7. The number of anilines is 1. The molecule has 32 heavy (non-hydrogen) atoms. The van der Waals surface area contributed by atoms with Gasteiger partial charge in [-0.2, -0.15) is 0 Å². The molecule has 0 aliphatic carbocycles. The molecule has 1 saturated heterocycles. The summed E-state index contributed by atoms with van der Waals surface area (Å²) in [6.07, 6.45) is 4.11. The van der Waals surface area contributed by atoms with Gasteiger partial charge in [0.2, 0.25) is 0 Å². The SMILES string of the molecule is O=C(NCCN1CCc2ccccc2C1)C(=O)Nc1ccccc1C(=O)N1CCCCC1. The molecule has 0 bridgehead atoms. The Morgan fingerprint density at radius 1 is 0.812 bits per heavy atom. The number of likely N-dealkylation sites (tertiary alicyclic amines) is 1. The number of nitrogens with one attached hydrogen (secondary N) is 2. The van der Waals surface area contributed by atoms with Crippen molar-refractivity contribution in [1.29, 1.82) is 0 Å². The smallest absolute Gasteiger partial charge is 0.313 e. The van der Waals surface area contributed by atoms with Crippen molar-refractivity contribution in [2.75, 3.05) is 38.0 Å². The molecule has 2 aromatic carbocycles. The number of carbonyl (C=O) groups is 3. The summed E-state index contributed by atoms with van der Waals surface area (Å²) < 4.78 is 0. The maximum Gasteiger partial charge on any atom is 0.313 e. The quantitative estimate of drug-likeness (QED) is 0.709. The van der Waals surface area contributed by atoms with Gasteiger partial charge in [0.15, 0.2) is 0 Å². The number of carbonyl (C=O) groups excluding carboxylic acids is 3. The van der Waals surface area contributed by atoms with Gasteiger partial charge in [0.1, 0.15) is 0 Å². The highest BCUT2D eigenvalue weighted by atomic mass is 16.2. The predicted octanol–water partition coefficient (Wildman–Crippen LogP) is 2.43. The molecule has 0 atom stereocenters. The van der Waals surface area contributed by atoms with Crippen LogP contribution in [0.3, 0.4) is 0 Å². The van der Waals surface area contributed by atoms with E-state index in [1.807, 2.05) is 11.0 Å². The summed E-state index contributed by atoms with van der Waals surface area (Å²) in [6, 6.07) is 15.3. The Kier molecular flexibility index (Phi) is 7.17. The molecular formula is C25H30N4O3. The average Bonchev–Trinajstić information content (AvgIpc) is 2.84. The second-order valence-electron chi connectivity index (χ2n) is 8.40. The van der Waals surface area contributed by atoms with Crippen molar-refractivity contribution in [2.24, 2.45) is 0 Å². The van der Waals surface area contributed by atoms with Crippen molar-refractivity contribution in [3.05, 3.63) is 65.2 Å². The summed E-state index contributed by atoms with van der Waals surface area (Å²) in [5.41, 5.74) is 3.49. The van der Waals surface area contributed by atoms with Gasteiger partial charge in [-0.05, 0) is 48.9 Å². The fourth-order valence-electron chi connectivity index (χ4n) is 4.38. The summed E-state index contributed by atoms with van der Waals surface area (Å²) in [6.45, 7) is 4.31. The van der Waals surface area contributed by atoms with E-state index in [1.54, 1.807) is 24.3 Å². The molecule has 0 saturated carbocycles. The number of fused-ring (bicyclic) bond motifs is 1. The highest BCUT2D eigenvalue weighted by Crippen LogP contribution is 2.20. The molecule has 3 amide bonds.